The number of rotatable bonds is 3. The Hall–Kier alpha value is -2.37. The second kappa shape index (κ2) is 6.86. The summed E-state index contributed by atoms with van der Waals surface area (Å²) in [5, 5.41) is 4.31. The van der Waals surface area contributed by atoms with Crippen LogP contribution in [0.4, 0.5) is 5.82 Å². The van der Waals surface area contributed by atoms with Gasteiger partial charge in [0.25, 0.3) is 5.91 Å². The molecule has 1 amide bonds. The molecule has 0 bridgehead atoms. The lowest BCUT2D eigenvalue weighted by Crippen LogP contribution is -2.35. The highest BCUT2D eigenvalue weighted by Gasteiger charge is 2.28. The standard InChI is InChI=1S/C19H25N5O/c1-15-4-2-9-22(13-15)18-12-16(5-8-20-18)19(25)23-11-6-17(14-23)24-10-3-7-21-24/h3,5,7-8,10,12,15,17H,2,4,6,9,11,13-14H2,1H3. The molecule has 2 aliphatic heterocycles. The van der Waals surface area contributed by atoms with Crippen molar-refractivity contribution in [1.82, 2.24) is 19.7 Å². The van der Waals surface area contributed by atoms with Crippen LogP contribution < -0.4 is 4.90 Å². The molecule has 4 heterocycles. The number of hydrogen-bond acceptors (Lipinski definition) is 4. The Kier molecular flexibility index (Phi) is 4.42. The molecule has 6 nitrogen and oxygen atoms in total. The summed E-state index contributed by atoms with van der Waals surface area (Å²) in [5.41, 5.74) is 0.740. The van der Waals surface area contributed by atoms with E-state index in [1.807, 2.05) is 34.0 Å². The fourth-order valence-corrected chi connectivity index (χ4v) is 3.94. The molecule has 6 heteroatoms. The SMILES string of the molecule is CC1CCCN(c2cc(C(=O)N3CCC(n4cccn4)C3)ccn2)C1. The average Bonchev–Trinajstić information content (AvgIpc) is 3.32. The van der Waals surface area contributed by atoms with E-state index in [0.717, 1.165) is 44.0 Å². The van der Waals surface area contributed by atoms with E-state index in [0.29, 0.717) is 5.92 Å². The summed E-state index contributed by atoms with van der Waals surface area (Å²) in [5.74, 6) is 1.71. The number of nitrogens with zero attached hydrogens (tertiary/aromatic N) is 5. The molecule has 2 atom stereocenters. The molecule has 0 radical (unpaired) electrons. The third kappa shape index (κ3) is 3.38. The molecule has 0 aromatic carbocycles. The van der Waals surface area contributed by atoms with Gasteiger partial charge in [0, 0.05) is 50.3 Å². The molecule has 2 saturated heterocycles. The van der Waals surface area contributed by atoms with Crippen LogP contribution in [0.2, 0.25) is 0 Å². The van der Waals surface area contributed by atoms with E-state index >= 15 is 0 Å². The Balaban J connectivity index is 1.46. The molecule has 0 saturated carbocycles. The number of piperidine rings is 1. The second-order valence-corrected chi connectivity index (χ2v) is 7.28. The van der Waals surface area contributed by atoms with Crippen LogP contribution in [0.1, 0.15) is 42.6 Å². The first-order valence-corrected chi connectivity index (χ1v) is 9.20. The van der Waals surface area contributed by atoms with Crippen LogP contribution in [-0.4, -0.2) is 51.8 Å². The van der Waals surface area contributed by atoms with Crippen molar-refractivity contribution in [1.29, 1.82) is 0 Å². The van der Waals surface area contributed by atoms with Crippen LogP contribution in [0, 0.1) is 5.92 Å². The minimum Gasteiger partial charge on any atom is -0.356 e. The zero-order chi connectivity index (χ0) is 17.2. The lowest BCUT2D eigenvalue weighted by Gasteiger charge is -2.32. The van der Waals surface area contributed by atoms with Crippen LogP contribution in [0.3, 0.4) is 0 Å². The van der Waals surface area contributed by atoms with Crippen molar-refractivity contribution >= 4 is 11.7 Å². The highest BCUT2D eigenvalue weighted by molar-refractivity contribution is 5.95. The zero-order valence-corrected chi connectivity index (χ0v) is 14.7. The van der Waals surface area contributed by atoms with Crippen LogP contribution in [0.5, 0.6) is 0 Å². The summed E-state index contributed by atoms with van der Waals surface area (Å²) in [6.07, 6.45) is 8.95. The summed E-state index contributed by atoms with van der Waals surface area (Å²) in [6, 6.07) is 6.00. The smallest absolute Gasteiger partial charge is 0.254 e. The Bertz CT molecular complexity index is 729. The highest BCUT2D eigenvalue weighted by atomic mass is 16.2. The molecular formula is C19H25N5O. The summed E-state index contributed by atoms with van der Waals surface area (Å²) < 4.78 is 1.96. The van der Waals surface area contributed by atoms with Crippen LogP contribution in [-0.2, 0) is 0 Å². The van der Waals surface area contributed by atoms with Gasteiger partial charge in [-0.15, -0.1) is 0 Å². The first-order chi connectivity index (χ1) is 12.2. The molecule has 132 valence electrons. The Morgan fingerprint density at radius 1 is 1.20 bits per heavy atom. The van der Waals surface area contributed by atoms with Gasteiger partial charge in [-0.25, -0.2) is 4.98 Å². The summed E-state index contributed by atoms with van der Waals surface area (Å²) in [7, 11) is 0. The first-order valence-electron chi connectivity index (χ1n) is 9.20. The molecule has 0 spiro atoms. The second-order valence-electron chi connectivity index (χ2n) is 7.28. The molecule has 2 aromatic heterocycles. The molecule has 2 aromatic rings. The maximum Gasteiger partial charge on any atom is 0.254 e. The van der Waals surface area contributed by atoms with Gasteiger partial charge < -0.3 is 9.80 Å². The number of hydrogen-bond donors (Lipinski definition) is 0. The molecule has 4 rings (SSSR count). The van der Waals surface area contributed by atoms with E-state index in [1.54, 1.807) is 12.4 Å². The quantitative estimate of drug-likeness (QED) is 0.862. The third-order valence-electron chi connectivity index (χ3n) is 5.32. The van der Waals surface area contributed by atoms with Gasteiger partial charge in [0.2, 0.25) is 0 Å². The fourth-order valence-electron chi connectivity index (χ4n) is 3.94. The van der Waals surface area contributed by atoms with Gasteiger partial charge in [-0.3, -0.25) is 9.48 Å². The zero-order valence-electron chi connectivity index (χ0n) is 14.7. The highest BCUT2D eigenvalue weighted by Crippen LogP contribution is 2.25. The van der Waals surface area contributed by atoms with Gasteiger partial charge in [-0.1, -0.05) is 6.92 Å². The van der Waals surface area contributed by atoms with Crippen molar-refractivity contribution in [3.05, 3.63) is 42.4 Å². The number of likely N-dealkylation sites (tertiary alicyclic amines) is 1. The van der Waals surface area contributed by atoms with Crippen LogP contribution >= 0.6 is 0 Å². The van der Waals surface area contributed by atoms with Crippen molar-refractivity contribution < 1.29 is 4.79 Å². The monoisotopic (exact) mass is 339 g/mol. The number of carbonyl (C=O) groups is 1. The van der Waals surface area contributed by atoms with Gasteiger partial charge >= 0.3 is 0 Å². The summed E-state index contributed by atoms with van der Waals surface area (Å²) in [4.78, 5) is 21.7. The maximum absolute atomic E-state index is 12.9. The van der Waals surface area contributed by atoms with Crippen molar-refractivity contribution in [2.24, 2.45) is 5.92 Å². The van der Waals surface area contributed by atoms with Gasteiger partial charge in [-0.2, -0.15) is 5.10 Å². The van der Waals surface area contributed by atoms with E-state index in [2.05, 4.69) is 21.9 Å². The first kappa shape index (κ1) is 16.1. The van der Waals surface area contributed by atoms with E-state index < -0.39 is 0 Å². The summed E-state index contributed by atoms with van der Waals surface area (Å²) >= 11 is 0. The third-order valence-corrected chi connectivity index (χ3v) is 5.32. The topological polar surface area (TPSA) is 54.3 Å². The maximum atomic E-state index is 12.9. The molecule has 2 aliphatic rings. The van der Waals surface area contributed by atoms with Crippen molar-refractivity contribution in [3.63, 3.8) is 0 Å². The average molecular weight is 339 g/mol. The fraction of sp³-hybridized carbons (Fsp3) is 0.526. The Morgan fingerprint density at radius 2 is 2.12 bits per heavy atom. The van der Waals surface area contributed by atoms with E-state index in [9.17, 15) is 4.79 Å². The van der Waals surface area contributed by atoms with Crippen LogP contribution in [0.25, 0.3) is 0 Å². The normalized spacial score (nSPS) is 23.9. The summed E-state index contributed by atoms with van der Waals surface area (Å²) in [6.45, 7) is 5.83. The molecule has 0 aliphatic carbocycles. The minimum atomic E-state index is 0.100. The van der Waals surface area contributed by atoms with Gasteiger partial charge in [0.1, 0.15) is 5.82 Å². The number of anilines is 1. The molecule has 0 N–H and O–H groups in total. The van der Waals surface area contributed by atoms with E-state index in [4.69, 9.17) is 0 Å². The van der Waals surface area contributed by atoms with Crippen molar-refractivity contribution in [3.8, 4) is 0 Å². The minimum absolute atomic E-state index is 0.100. The van der Waals surface area contributed by atoms with Gasteiger partial charge in [0.15, 0.2) is 0 Å². The predicted molar refractivity (Wildman–Crippen MR) is 96.6 cm³/mol. The van der Waals surface area contributed by atoms with Crippen LogP contribution in [0.15, 0.2) is 36.8 Å². The molecular weight excluding hydrogens is 314 g/mol. The molecule has 2 unspecified atom stereocenters. The van der Waals surface area contributed by atoms with Gasteiger partial charge in [0.05, 0.1) is 6.04 Å². The van der Waals surface area contributed by atoms with Crippen molar-refractivity contribution in [2.75, 3.05) is 31.1 Å². The van der Waals surface area contributed by atoms with E-state index in [-0.39, 0.29) is 11.9 Å². The van der Waals surface area contributed by atoms with Gasteiger partial charge in [-0.05, 0) is 43.4 Å². The Morgan fingerprint density at radius 3 is 2.92 bits per heavy atom. The lowest BCUT2D eigenvalue weighted by atomic mass is 10.0. The molecule has 2 fully saturated rings. The largest absolute Gasteiger partial charge is 0.356 e. The van der Waals surface area contributed by atoms with E-state index in [1.165, 1.54) is 12.8 Å². The van der Waals surface area contributed by atoms with Crippen molar-refractivity contribution in [2.45, 2.75) is 32.2 Å². The predicted octanol–water partition coefficient (Wildman–Crippen LogP) is 2.60. The Labute approximate surface area is 148 Å². The number of aromatic nitrogens is 3. The number of pyridine rings is 1. The number of carbonyl (C=O) groups excluding carboxylic acids is 1. The number of amides is 1. The lowest BCUT2D eigenvalue weighted by molar-refractivity contribution is 0.0787. The molecule has 25 heavy (non-hydrogen) atoms.